The van der Waals surface area contributed by atoms with Gasteiger partial charge in [-0.1, -0.05) is 0 Å². The molecule has 0 radical (unpaired) electrons. The van der Waals surface area contributed by atoms with Crippen molar-refractivity contribution in [1.82, 2.24) is 5.32 Å². The normalized spacial score (nSPS) is 24.2. The highest BCUT2D eigenvalue weighted by Crippen LogP contribution is 2.31. The predicted molar refractivity (Wildman–Crippen MR) is 53.8 cm³/mol. The van der Waals surface area contributed by atoms with Gasteiger partial charge in [-0.2, -0.15) is 5.26 Å². The molecule has 1 amide bonds. The van der Waals surface area contributed by atoms with Crippen molar-refractivity contribution >= 4 is 5.91 Å². The molecule has 1 N–H and O–H groups in total. The molecule has 1 heterocycles. The zero-order valence-corrected chi connectivity index (χ0v) is 8.79. The molecule has 0 aromatic carbocycles. The van der Waals surface area contributed by atoms with Crippen molar-refractivity contribution in [2.24, 2.45) is 11.3 Å². The van der Waals surface area contributed by atoms with Gasteiger partial charge in [-0.05, 0) is 31.6 Å². The monoisotopic (exact) mass is 208 g/mol. The van der Waals surface area contributed by atoms with Crippen LogP contribution in [0.15, 0.2) is 0 Å². The molecule has 2 aliphatic rings. The third-order valence-corrected chi connectivity index (χ3v) is 3.24. The molecule has 0 unspecified atom stereocenters. The van der Waals surface area contributed by atoms with Crippen molar-refractivity contribution in [3.8, 4) is 6.07 Å². The van der Waals surface area contributed by atoms with Gasteiger partial charge in [-0.3, -0.25) is 4.79 Å². The minimum Gasteiger partial charge on any atom is -0.381 e. The fraction of sp³-hybridized carbons (Fsp3) is 0.818. The number of nitrogens with zero attached hydrogens (tertiary/aromatic N) is 1. The van der Waals surface area contributed by atoms with E-state index >= 15 is 0 Å². The Kier molecular flexibility index (Phi) is 2.92. The van der Waals surface area contributed by atoms with Crippen LogP contribution in [0, 0.1) is 22.7 Å². The summed E-state index contributed by atoms with van der Waals surface area (Å²) in [7, 11) is 0. The van der Waals surface area contributed by atoms with Gasteiger partial charge in [0.05, 0.1) is 6.07 Å². The van der Waals surface area contributed by atoms with Gasteiger partial charge >= 0.3 is 0 Å². The summed E-state index contributed by atoms with van der Waals surface area (Å²) in [5, 5.41) is 12.0. The molecule has 2 fully saturated rings. The molecule has 0 bridgehead atoms. The summed E-state index contributed by atoms with van der Waals surface area (Å²) in [4.78, 5) is 11.9. The van der Waals surface area contributed by atoms with E-state index in [4.69, 9.17) is 10.00 Å². The van der Waals surface area contributed by atoms with E-state index in [1.54, 1.807) is 0 Å². The van der Waals surface area contributed by atoms with E-state index in [2.05, 4.69) is 11.4 Å². The fourth-order valence-electron chi connectivity index (χ4n) is 1.84. The summed E-state index contributed by atoms with van der Waals surface area (Å²) in [6.45, 7) is 1.78. The van der Waals surface area contributed by atoms with Crippen molar-refractivity contribution in [3.05, 3.63) is 0 Å². The molecule has 0 aromatic rings. The van der Waals surface area contributed by atoms with Gasteiger partial charge in [0.2, 0.25) is 5.91 Å². The second-order valence-corrected chi connectivity index (χ2v) is 4.46. The number of ether oxygens (including phenoxy) is 1. The molecule has 0 spiro atoms. The lowest BCUT2D eigenvalue weighted by Gasteiger charge is -2.29. The summed E-state index contributed by atoms with van der Waals surface area (Å²) in [6, 6.07) is 2.17. The second-order valence-electron chi connectivity index (χ2n) is 4.46. The Hall–Kier alpha value is -1.08. The van der Waals surface area contributed by atoms with Crippen LogP contribution in [0.5, 0.6) is 0 Å². The average molecular weight is 208 g/mol. The molecule has 1 aliphatic heterocycles. The van der Waals surface area contributed by atoms with Gasteiger partial charge in [0.1, 0.15) is 5.41 Å². The maximum absolute atomic E-state index is 11.9. The maximum atomic E-state index is 11.9. The van der Waals surface area contributed by atoms with Crippen LogP contribution in [0.25, 0.3) is 0 Å². The molecule has 15 heavy (non-hydrogen) atoms. The van der Waals surface area contributed by atoms with Crippen LogP contribution in [0.1, 0.15) is 25.7 Å². The van der Waals surface area contributed by atoms with E-state index in [0.29, 0.717) is 32.0 Å². The van der Waals surface area contributed by atoms with Gasteiger partial charge in [-0.15, -0.1) is 0 Å². The third-order valence-electron chi connectivity index (χ3n) is 3.24. The summed E-state index contributed by atoms with van der Waals surface area (Å²) in [5.74, 6) is 0.560. The van der Waals surface area contributed by atoms with Crippen molar-refractivity contribution in [3.63, 3.8) is 0 Å². The Balaban J connectivity index is 1.91. The third kappa shape index (κ3) is 2.29. The second kappa shape index (κ2) is 4.19. The molecular weight excluding hydrogens is 192 g/mol. The lowest BCUT2D eigenvalue weighted by Crippen LogP contribution is -2.44. The minimum atomic E-state index is -0.826. The molecule has 4 nitrogen and oxygen atoms in total. The van der Waals surface area contributed by atoms with Gasteiger partial charge in [0, 0.05) is 19.8 Å². The number of carbonyl (C=O) groups excluding carboxylic acids is 1. The van der Waals surface area contributed by atoms with Crippen LogP contribution in [0.4, 0.5) is 0 Å². The number of hydrogen-bond acceptors (Lipinski definition) is 3. The van der Waals surface area contributed by atoms with Crippen molar-refractivity contribution in [2.45, 2.75) is 25.7 Å². The smallest absolute Gasteiger partial charge is 0.240 e. The summed E-state index contributed by atoms with van der Waals surface area (Å²) < 4.78 is 5.18. The van der Waals surface area contributed by atoms with Crippen molar-refractivity contribution < 1.29 is 9.53 Å². The van der Waals surface area contributed by atoms with E-state index < -0.39 is 5.41 Å². The van der Waals surface area contributed by atoms with Crippen molar-refractivity contribution in [2.75, 3.05) is 19.8 Å². The van der Waals surface area contributed by atoms with E-state index in [1.807, 2.05) is 0 Å². The van der Waals surface area contributed by atoms with Crippen LogP contribution < -0.4 is 5.32 Å². The van der Waals surface area contributed by atoms with Gasteiger partial charge in [0.15, 0.2) is 0 Å². The SMILES string of the molecule is N#CC1(C(=O)NCC2CC2)CCOCC1. The first-order chi connectivity index (χ1) is 7.27. The molecule has 4 heteroatoms. The number of carbonyl (C=O) groups is 1. The minimum absolute atomic E-state index is 0.0970. The zero-order valence-electron chi connectivity index (χ0n) is 8.79. The van der Waals surface area contributed by atoms with Crippen LogP contribution >= 0.6 is 0 Å². The van der Waals surface area contributed by atoms with Crippen LogP contribution in [0.3, 0.4) is 0 Å². The number of hydrogen-bond donors (Lipinski definition) is 1. The van der Waals surface area contributed by atoms with Gasteiger partial charge in [-0.25, -0.2) is 0 Å². The molecule has 1 saturated heterocycles. The topological polar surface area (TPSA) is 62.1 Å². The van der Waals surface area contributed by atoms with E-state index in [-0.39, 0.29) is 5.91 Å². The molecule has 2 rings (SSSR count). The first kappa shape index (κ1) is 10.4. The molecule has 82 valence electrons. The predicted octanol–water partition coefficient (Wildman–Crippen LogP) is 0.833. The Bertz CT molecular complexity index is 285. The molecule has 1 aliphatic carbocycles. The van der Waals surface area contributed by atoms with Crippen LogP contribution in [-0.2, 0) is 9.53 Å². The molecule has 1 saturated carbocycles. The zero-order chi connectivity index (χ0) is 10.7. The standard InChI is InChI=1S/C11H16N2O2/c12-8-11(3-5-15-6-4-11)10(14)13-7-9-1-2-9/h9H,1-7H2,(H,13,14). The van der Waals surface area contributed by atoms with Gasteiger partial charge in [0.25, 0.3) is 0 Å². The highest BCUT2D eigenvalue weighted by Gasteiger charge is 2.40. The number of nitriles is 1. The first-order valence-corrected chi connectivity index (χ1v) is 5.54. The average Bonchev–Trinajstić information content (AvgIpc) is 3.10. The van der Waals surface area contributed by atoms with Crippen LogP contribution in [0.2, 0.25) is 0 Å². The van der Waals surface area contributed by atoms with Gasteiger partial charge < -0.3 is 10.1 Å². The van der Waals surface area contributed by atoms with E-state index in [0.717, 1.165) is 6.54 Å². The van der Waals surface area contributed by atoms with E-state index in [9.17, 15) is 4.79 Å². The summed E-state index contributed by atoms with van der Waals surface area (Å²) in [5.41, 5.74) is -0.826. The lowest BCUT2D eigenvalue weighted by molar-refractivity contribution is -0.132. The highest BCUT2D eigenvalue weighted by atomic mass is 16.5. The molecule has 0 aromatic heterocycles. The summed E-state index contributed by atoms with van der Waals surface area (Å²) >= 11 is 0. The largest absolute Gasteiger partial charge is 0.381 e. The Morgan fingerprint density at radius 1 is 1.47 bits per heavy atom. The Morgan fingerprint density at radius 3 is 2.67 bits per heavy atom. The number of nitrogens with one attached hydrogen (secondary N) is 1. The number of amides is 1. The molecule has 0 atom stereocenters. The first-order valence-electron chi connectivity index (χ1n) is 5.54. The Labute approximate surface area is 89.6 Å². The maximum Gasteiger partial charge on any atom is 0.240 e. The van der Waals surface area contributed by atoms with Crippen molar-refractivity contribution in [1.29, 1.82) is 5.26 Å². The highest BCUT2D eigenvalue weighted by molar-refractivity contribution is 5.85. The van der Waals surface area contributed by atoms with E-state index in [1.165, 1.54) is 12.8 Å². The lowest BCUT2D eigenvalue weighted by atomic mass is 9.81. The van der Waals surface area contributed by atoms with Crippen LogP contribution in [-0.4, -0.2) is 25.7 Å². The quantitative estimate of drug-likeness (QED) is 0.747. The summed E-state index contributed by atoms with van der Waals surface area (Å²) in [6.07, 6.45) is 3.48. The fourth-order valence-corrected chi connectivity index (χ4v) is 1.84. The Morgan fingerprint density at radius 2 is 2.13 bits per heavy atom. The molecular formula is C11H16N2O2. The number of rotatable bonds is 3.